The van der Waals surface area contributed by atoms with Crippen LogP contribution in [0.1, 0.15) is 46.0 Å². The Hall–Kier alpha value is -1.62. The number of rotatable bonds is 5. The van der Waals surface area contributed by atoms with Crippen LogP contribution in [-0.2, 0) is 16.3 Å². The Balaban J connectivity index is 4.12. The van der Waals surface area contributed by atoms with Crippen molar-refractivity contribution in [3.63, 3.8) is 0 Å². The summed E-state index contributed by atoms with van der Waals surface area (Å²) in [5, 5.41) is 4.15. The van der Waals surface area contributed by atoms with Crippen LogP contribution in [-0.4, -0.2) is 34.4 Å². The summed E-state index contributed by atoms with van der Waals surface area (Å²) >= 11 is 5.27. The van der Waals surface area contributed by atoms with Crippen molar-refractivity contribution in [3.8, 4) is 0 Å². The number of ether oxygens (including phenoxy) is 1. The van der Waals surface area contributed by atoms with Crippen molar-refractivity contribution in [3.05, 3.63) is 22.5 Å². The minimum Gasteiger partial charge on any atom is -0.478 e. The highest BCUT2D eigenvalue weighted by Crippen LogP contribution is 2.44. The van der Waals surface area contributed by atoms with Crippen LogP contribution in [0.2, 0.25) is 0 Å². The molecule has 12 heteroatoms. The number of hydrogen-bond acceptors (Lipinski definition) is 5. The molecule has 140 valence electrons. The molecule has 0 unspecified atom stereocenters. The highest BCUT2D eigenvalue weighted by Gasteiger charge is 2.46. The van der Waals surface area contributed by atoms with Crippen molar-refractivity contribution in [1.82, 2.24) is 4.98 Å². The molecule has 0 radical (unpaired) electrons. The van der Waals surface area contributed by atoms with Gasteiger partial charge in [0, 0.05) is 10.1 Å². The molecule has 0 bridgehead atoms. The van der Waals surface area contributed by atoms with Gasteiger partial charge in [-0.3, -0.25) is 0 Å². The predicted octanol–water partition coefficient (Wildman–Crippen LogP) is 4.37. The fourth-order valence-corrected chi connectivity index (χ4v) is 3.03. The minimum absolute atomic E-state index is 0.471. The maximum atomic E-state index is 13.6. The first-order chi connectivity index (χ1) is 11.2. The number of methoxy groups -OCH3 is 1. The summed E-state index contributed by atoms with van der Waals surface area (Å²) in [5.41, 5.74) is -6.34. The van der Waals surface area contributed by atoms with Gasteiger partial charge in [-0.25, -0.2) is 14.6 Å². The monoisotopic (exact) mass is 407 g/mol. The van der Waals surface area contributed by atoms with Gasteiger partial charge in [-0.05, 0) is 11.6 Å². The van der Waals surface area contributed by atoms with Gasteiger partial charge in [-0.15, -0.1) is 11.8 Å². The molecule has 1 heterocycles. The molecule has 1 aromatic heterocycles. The van der Waals surface area contributed by atoms with Crippen molar-refractivity contribution in [2.45, 2.75) is 35.6 Å². The molecule has 0 saturated carbocycles. The number of nitrogens with zero attached hydrogens (tertiary/aromatic N) is 1. The van der Waals surface area contributed by atoms with Gasteiger partial charge in [0.05, 0.1) is 7.11 Å². The van der Waals surface area contributed by atoms with Crippen LogP contribution < -0.4 is 0 Å². The normalized spacial score (nSPS) is 12.4. The minimum atomic E-state index is -5.37. The molecule has 0 spiro atoms. The van der Waals surface area contributed by atoms with Crippen LogP contribution in [0.15, 0.2) is 4.90 Å². The number of thioether (sulfide) groups is 1. The average Bonchev–Trinajstić information content (AvgIpc) is 2.42. The van der Waals surface area contributed by atoms with Gasteiger partial charge in [0.1, 0.15) is 16.8 Å². The summed E-state index contributed by atoms with van der Waals surface area (Å²) in [7, 11) is 0.792. The number of alkyl halides is 6. The van der Waals surface area contributed by atoms with Crippen molar-refractivity contribution in [2.75, 3.05) is 7.11 Å². The number of pyridine rings is 1. The highest BCUT2D eigenvalue weighted by molar-refractivity contribution is 8.00. The molecular weight excluding hydrogens is 397 g/mol. The summed E-state index contributed by atoms with van der Waals surface area (Å²) < 4.78 is 71.0. The molecule has 0 aliphatic carbocycles. The lowest BCUT2D eigenvalue weighted by Crippen LogP contribution is -2.25. The van der Waals surface area contributed by atoms with Gasteiger partial charge in [-0.1, -0.05) is 13.8 Å². The Kier molecular flexibility index (Phi) is 6.27. The molecule has 5 nitrogen and oxygen atoms in total. The van der Waals surface area contributed by atoms with Gasteiger partial charge >= 0.3 is 23.5 Å². The molecule has 1 rings (SSSR count). The number of esters is 1. The maximum absolute atomic E-state index is 13.6. The molecule has 0 amide bonds. The second-order valence-electron chi connectivity index (χ2n) is 4.85. The van der Waals surface area contributed by atoms with Gasteiger partial charge in [0.25, 0.3) is 0 Å². The summed E-state index contributed by atoms with van der Waals surface area (Å²) in [5.74, 6) is -3.57. The van der Waals surface area contributed by atoms with Crippen LogP contribution in [0.4, 0.5) is 22.0 Å². The van der Waals surface area contributed by atoms with Crippen LogP contribution >= 0.6 is 23.4 Å². The molecule has 0 fully saturated rings. The van der Waals surface area contributed by atoms with Gasteiger partial charge in [0.15, 0.2) is 5.69 Å². The summed E-state index contributed by atoms with van der Waals surface area (Å²) in [6.07, 6.45) is -5.37. The standard InChI is InChI=1S/C13H11ClF5NO4S/c1-4(2)25-7-5(10(21)22)9(13(17,18)19)20-8(12(14,15)16)6(7)11(23)24-3/h4H,1-3H3,(H,21,22). The maximum Gasteiger partial charge on any atom is 0.434 e. The topological polar surface area (TPSA) is 76.5 Å². The van der Waals surface area contributed by atoms with Crippen molar-refractivity contribution < 1.29 is 41.4 Å². The first-order valence-corrected chi connectivity index (χ1v) is 7.68. The summed E-state index contributed by atoms with van der Waals surface area (Å²) in [4.78, 5) is 25.1. The SMILES string of the molecule is COC(=O)c1c(C(F)(F)Cl)nc(C(F)(F)F)c(C(=O)O)c1SC(C)C. The molecule has 0 aromatic carbocycles. The number of hydrogen-bond donors (Lipinski definition) is 1. The average molecular weight is 408 g/mol. The smallest absolute Gasteiger partial charge is 0.434 e. The van der Waals surface area contributed by atoms with Crippen LogP contribution in [0.25, 0.3) is 0 Å². The van der Waals surface area contributed by atoms with E-state index in [9.17, 15) is 31.5 Å². The molecule has 0 atom stereocenters. The zero-order valence-corrected chi connectivity index (χ0v) is 14.4. The van der Waals surface area contributed by atoms with E-state index in [0.29, 0.717) is 11.8 Å². The number of aromatic carboxylic acids is 1. The van der Waals surface area contributed by atoms with Gasteiger partial charge < -0.3 is 9.84 Å². The lowest BCUT2D eigenvalue weighted by atomic mass is 10.1. The second kappa shape index (κ2) is 7.32. The van der Waals surface area contributed by atoms with Gasteiger partial charge in [-0.2, -0.15) is 22.0 Å². The molecule has 25 heavy (non-hydrogen) atoms. The van der Waals surface area contributed by atoms with E-state index in [1.54, 1.807) is 0 Å². The first-order valence-electron chi connectivity index (χ1n) is 6.42. The number of aromatic nitrogens is 1. The molecule has 0 saturated heterocycles. The Morgan fingerprint density at radius 2 is 1.68 bits per heavy atom. The fraction of sp³-hybridized carbons (Fsp3) is 0.462. The van der Waals surface area contributed by atoms with E-state index in [1.165, 1.54) is 13.8 Å². The second-order valence-corrected chi connectivity index (χ2v) is 6.91. The molecular formula is C13H11ClF5NO4S. The van der Waals surface area contributed by atoms with Crippen molar-refractivity contribution >= 4 is 35.3 Å². The van der Waals surface area contributed by atoms with E-state index < -0.39 is 56.2 Å². The number of carboxylic acid groups (broad SMARTS) is 1. The lowest BCUT2D eigenvalue weighted by molar-refractivity contribution is -0.142. The largest absolute Gasteiger partial charge is 0.478 e. The van der Waals surface area contributed by atoms with Crippen LogP contribution in [0.3, 0.4) is 0 Å². The highest BCUT2D eigenvalue weighted by atomic mass is 35.5. The Morgan fingerprint density at radius 1 is 1.16 bits per heavy atom. The van der Waals surface area contributed by atoms with Crippen LogP contribution in [0, 0.1) is 0 Å². The zero-order valence-electron chi connectivity index (χ0n) is 12.9. The molecule has 0 aliphatic rings. The predicted molar refractivity (Wildman–Crippen MR) is 78.3 cm³/mol. The lowest BCUT2D eigenvalue weighted by Gasteiger charge is -2.21. The fourth-order valence-electron chi connectivity index (χ4n) is 1.82. The number of halogens is 6. The number of carboxylic acids is 1. The molecule has 1 N–H and O–H groups in total. The van der Waals surface area contributed by atoms with Crippen molar-refractivity contribution in [2.24, 2.45) is 0 Å². The number of carbonyl (C=O) groups is 2. The van der Waals surface area contributed by atoms with Crippen molar-refractivity contribution in [1.29, 1.82) is 0 Å². The van der Waals surface area contributed by atoms with E-state index in [4.69, 9.17) is 16.7 Å². The number of carbonyl (C=O) groups excluding carboxylic acids is 1. The summed E-state index contributed by atoms with van der Waals surface area (Å²) in [6.45, 7) is 2.92. The Morgan fingerprint density at radius 3 is 2.00 bits per heavy atom. The third kappa shape index (κ3) is 4.72. The molecule has 0 aliphatic heterocycles. The van der Waals surface area contributed by atoms with Gasteiger partial charge in [0.2, 0.25) is 0 Å². The van der Waals surface area contributed by atoms with E-state index in [1.807, 2.05) is 0 Å². The van der Waals surface area contributed by atoms with Crippen LogP contribution in [0.5, 0.6) is 0 Å². The quantitative estimate of drug-likeness (QED) is 0.338. The van der Waals surface area contributed by atoms with E-state index in [-0.39, 0.29) is 0 Å². The zero-order chi connectivity index (χ0) is 19.7. The Bertz CT molecular complexity index is 703. The van der Waals surface area contributed by atoms with E-state index >= 15 is 0 Å². The van der Waals surface area contributed by atoms with E-state index in [0.717, 1.165) is 7.11 Å². The molecule has 1 aromatic rings. The third-order valence-corrected chi connectivity index (χ3v) is 3.94. The third-order valence-electron chi connectivity index (χ3n) is 2.65. The first kappa shape index (κ1) is 21.4. The summed E-state index contributed by atoms with van der Waals surface area (Å²) in [6, 6.07) is 0. The Labute approximate surface area is 147 Å². The van der Waals surface area contributed by atoms with E-state index in [2.05, 4.69) is 9.72 Å².